The molecule has 0 spiro atoms. The van der Waals surface area contributed by atoms with Crippen molar-refractivity contribution in [2.75, 3.05) is 19.7 Å². The summed E-state index contributed by atoms with van der Waals surface area (Å²) in [4.78, 5) is 32.1. The zero-order valence-electron chi connectivity index (χ0n) is 18.6. The molecule has 7 nitrogen and oxygen atoms in total. The molecule has 0 radical (unpaired) electrons. The highest BCUT2D eigenvalue weighted by Crippen LogP contribution is 2.60. The minimum absolute atomic E-state index is 0.0645. The van der Waals surface area contributed by atoms with Gasteiger partial charge >= 0.3 is 6.18 Å². The van der Waals surface area contributed by atoms with Crippen LogP contribution in [0.15, 0.2) is 41.6 Å². The van der Waals surface area contributed by atoms with E-state index in [1.165, 1.54) is 10.9 Å². The number of aryl methyl sites for hydroxylation is 1. The van der Waals surface area contributed by atoms with Crippen LogP contribution in [-0.2, 0) is 18.1 Å². The fraction of sp³-hybridized carbons (Fsp3) is 0.375. The number of carbonyl (C=O) groups excluding carboxylic acids is 1. The molecule has 11 heteroatoms. The number of alkyl halides is 3. The molecule has 0 N–H and O–H groups in total. The molecule has 1 aromatic carbocycles. The Kier molecular flexibility index (Phi) is 4.49. The lowest BCUT2D eigenvalue weighted by atomic mass is 9.88. The smallest absolute Gasteiger partial charge is 0.419 e. The quantitative estimate of drug-likeness (QED) is 0.531. The SMILES string of the molecule is Cc1cn(-c2ccc3n(c2=O)CCN(C[C@@]24C[C@@H]2COc2cc(F)c(C(F)(F)F)cc24)C3=O)cn1. The standard InChI is InChI=1S/C24H20F4N4O3/c1-13-9-31(12-29-13)18-2-3-19-21(33)30(4-5-32(19)22(18)34)11-23-8-14(23)10-35-20-7-17(25)15(6-16(20)23)24(26,27)28/h2-3,6-7,9,12,14H,4-5,8,10-11H2,1H3/t14-,23+/m1/s1. The van der Waals surface area contributed by atoms with Crippen molar-refractivity contribution in [3.05, 3.63) is 75.5 Å². The van der Waals surface area contributed by atoms with Crippen LogP contribution in [0.1, 0.15) is 33.7 Å². The second kappa shape index (κ2) is 7.19. The second-order valence-electron chi connectivity index (χ2n) is 9.40. The van der Waals surface area contributed by atoms with Gasteiger partial charge in [0.05, 0.1) is 24.2 Å². The maximum atomic E-state index is 14.1. The Morgan fingerprint density at radius 3 is 2.71 bits per heavy atom. The van der Waals surface area contributed by atoms with Gasteiger partial charge in [0.2, 0.25) is 0 Å². The molecule has 2 atom stereocenters. The number of aromatic nitrogens is 3. The number of halogens is 4. The van der Waals surface area contributed by atoms with E-state index in [2.05, 4.69) is 4.98 Å². The summed E-state index contributed by atoms with van der Waals surface area (Å²) in [5, 5.41) is 0. The van der Waals surface area contributed by atoms with Crippen molar-refractivity contribution in [3.8, 4) is 11.4 Å². The number of benzene rings is 1. The van der Waals surface area contributed by atoms with Gasteiger partial charge in [-0.15, -0.1) is 0 Å². The van der Waals surface area contributed by atoms with Crippen LogP contribution in [-0.4, -0.2) is 44.6 Å². The number of amides is 1. The summed E-state index contributed by atoms with van der Waals surface area (Å²) in [7, 11) is 0. The summed E-state index contributed by atoms with van der Waals surface area (Å²) >= 11 is 0. The molecule has 2 aromatic heterocycles. The molecule has 0 bridgehead atoms. The lowest BCUT2D eigenvalue weighted by Gasteiger charge is -2.35. The third-order valence-corrected chi connectivity index (χ3v) is 7.30. The second-order valence-corrected chi connectivity index (χ2v) is 9.40. The highest BCUT2D eigenvalue weighted by Gasteiger charge is 2.61. The van der Waals surface area contributed by atoms with Crippen LogP contribution >= 0.6 is 0 Å². The number of hydrogen-bond acceptors (Lipinski definition) is 4. The van der Waals surface area contributed by atoms with E-state index in [0.717, 1.165) is 17.8 Å². The number of hydrogen-bond donors (Lipinski definition) is 0. The molecule has 1 fully saturated rings. The number of ether oxygens (including phenoxy) is 1. The lowest BCUT2D eigenvalue weighted by Crippen LogP contribution is -2.48. The average molecular weight is 488 g/mol. The molecule has 1 amide bonds. The van der Waals surface area contributed by atoms with Crippen LogP contribution in [0.2, 0.25) is 0 Å². The van der Waals surface area contributed by atoms with Crippen LogP contribution in [0.3, 0.4) is 0 Å². The predicted molar refractivity (Wildman–Crippen MR) is 115 cm³/mol. The van der Waals surface area contributed by atoms with Gasteiger partial charge in [0.1, 0.15) is 22.9 Å². The van der Waals surface area contributed by atoms with Gasteiger partial charge in [0.15, 0.2) is 0 Å². The van der Waals surface area contributed by atoms with E-state index in [4.69, 9.17) is 4.74 Å². The Labute approximate surface area is 196 Å². The van der Waals surface area contributed by atoms with Gasteiger partial charge in [-0.05, 0) is 31.5 Å². The summed E-state index contributed by atoms with van der Waals surface area (Å²) < 4.78 is 62.8. The van der Waals surface area contributed by atoms with Gasteiger partial charge in [-0.1, -0.05) is 0 Å². The number of pyridine rings is 1. The molecule has 2 aliphatic heterocycles. The van der Waals surface area contributed by atoms with E-state index in [0.29, 0.717) is 12.1 Å². The van der Waals surface area contributed by atoms with Crippen LogP contribution in [0, 0.1) is 18.7 Å². The van der Waals surface area contributed by atoms with E-state index in [1.807, 2.05) is 0 Å². The first-order valence-corrected chi connectivity index (χ1v) is 11.2. The average Bonchev–Trinajstić information content (AvgIpc) is 3.36. The Bertz CT molecular complexity index is 1440. The molecule has 1 saturated carbocycles. The van der Waals surface area contributed by atoms with E-state index in [9.17, 15) is 27.2 Å². The fourth-order valence-electron chi connectivity index (χ4n) is 5.38. The summed E-state index contributed by atoms with van der Waals surface area (Å²) in [6.45, 7) is 2.72. The number of imidazole rings is 1. The molecule has 35 heavy (non-hydrogen) atoms. The summed E-state index contributed by atoms with van der Waals surface area (Å²) in [6.07, 6.45) is -1.05. The third kappa shape index (κ3) is 3.28. The van der Waals surface area contributed by atoms with Crippen molar-refractivity contribution >= 4 is 5.91 Å². The molecule has 6 rings (SSSR count). The van der Waals surface area contributed by atoms with Gasteiger partial charge in [-0.2, -0.15) is 13.2 Å². The number of carbonyl (C=O) groups is 1. The summed E-state index contributed by atoms with van der Waals surface area (Å²) in [5.74, 6) is -1.72. The highest BCUT2D eigenvalue weighted by molar-refractivity contribution is 5.93. The first kappa shape index (κ1) is 21.9. The Balaban J connectivity index is 1.33. The van der Waals surface area contributed by atoms with Gasteiger partial charge < -0.3 is 18.8 Å². The molecule has 182 valence electrons. The molecular formula is C24H20F4N4O3. The Morgan fingerprint density at radius 2 is 2.00 bits per heavy atom. The van der Waals surface area contributed by atoms with Crippen molar-refractivity contribution in [1.82, 2.24) is 19.0 Å². The highest BCUT2D eigenvalue weighted by atomic mass is 19.4. The van der Waals surface area contributed by atoms with Gasteiger partial charge in [0, 0.05) is 48.8 Å². The van der Waals surface area contributed by atoms with Crippen LogP contribution < -0.4 is 10.3 Å². The zero-order valence-corrected chi connectivity index (χ0v) is 18.6. The van der Waals surface area contributed by atoms with Crippen molar-refractivity contribution in [2.45, 2.75) is 31.5 Å². The van der Waals surface area contributed by atoms with Crippen molar-refractivity contribution in [1.29, 1.82) is 0 Å². The molecular weight excluding hydrogens is 468 g/mol. The maximum absolute atomic E-state index is 14.1. The first-order chi connectivity index (χ1) is 16.6. The van der Waals surface area contributed by atoms with Crippen molar-refractivity contribution in [2.24, 2.45) is 5.92 Å². The van der Waals surface area contributed by atoms with E-state index in [1.54, 1.807) is 34.7 Å². The van der Waals surface area contributed by atoms with Gasteiger partial charge in [0.25, 0.3) is 11.5 Å². The minimum atomic E-state index is -4.84. The number of nitrogens with zero attached hydrogens (tertiary/aromatic N) is 4. The van der Waals surface area contributed by atoms with E-state index in [-0.39, 0.29) is 60.6 Å². The van der Waals surface area contributed by atoms with E-state index >= 15 is 0 Å². The fourth-order valence-corrected chi connectivity index (χ4v) is 5.38. The monoisotopic (exact) mass is 488 g/mol. The molecule has 0 unspecified atom stereocenters. The topological polar surface area (TPSA) is 69.4 Å². The predicted octanol–water partition coefficient (Wildman–Crippen LogP) is 3.31. The van der Waals surface area contributed by atoms with Gasteiger partial charge in [-0.3, -0.25) is 9.59 Å². The molecule has 3 aliphatic rings. The Morgan fingerprint density at radius 1 is 1.20 bits per heavy atom. The van der Waals surface area contributed by atoms with Crippen LogP contribution in [0.4, 0.5) is 17.6 Å². The van der Waals surface area contributed by atoms with E-state index < -0.39 is 23.0 Å². The first-order valence-electron chi connectivity index (χ1n) is 11.2. The Hall–Kier alpha value is -3.63. The maximum Gasteiger partial charge on any atom is 0.419 e. The third-order valence-electron chi connectivity index (χ3n) is 7.30. The number of fused-ring (bicyclic) bond motifs is 4. The molecule has 0 saturated heterocycles. The van der Waals surface area contributed by atoms with Crippen LogP contribution in [0.5, 0.6) is 5.75 Å². The van der Waals surface area contributed by atoms with Crippen molar-refractivity contribution in [3.63, 3.8) is 0 Å². The number of rotatable bonds is 3. The normalized spacial score (nSPS) is 22.8. The molecule has 4 heterocycles. The van der Waals surface area contributed by atoms with Crippen LogP contribution in [0.25, 0.3) is 5.69 Å². The zero-order chi connectivity index (χ0) is 24.7. The van der Waals surface area contributed by atoms with Gasteiger partial charge in [-0.25, -0.2) is 9.37 Å². The summed E-state index contributed by atoms with van der Waals surface area (Å²) in [6, 6.07) is 4.77. The van der Waals surface area contributed by atoms with Crippen molar-refractivity contribution < 1.29 is 27.1 Å². The largest absolute Gasteiger partial charge is 0.493 e. The molecule has 3 aromatic rings. The summed E-state index contributed by atoms with van der Waals surface area (Å²) in [5.41, 5.74) is -0.766. The molecule has 1 aliphatic carbocycles. The minimum Gasteiger partial charge on any atom is -0.493 e. The lowest BCUT2D eigenvalue weighted by molar-refractivity contribution is -0.140.